The summed E-state index contributed by atoms with van der Waals surface area (Å²) in [7, 11) is 0. The SMILES string of the molecule is NC(=S)c1ccncc1NCCOC1CCCC1. The highest BCUT2D eigenvalue weighted by Gasteiger charge is 2.14. The highest BCUT2D eigenvalue weighted by atomic mass is 32.1. The first-order valence-electron chi connectivity index (χ1n) is 6.36. The van der Waals surface area contributed by atoms with E-state index in [1.807, 2.05) is 6.07 Å². The predicted octanol–water partition coefficient (Wildman–Crippen LogP) is 2.09. The van der Waals surface area contributed by atoms with Gasteiger partial charge in [0.15, 0.2) is 0 Å². The highest BCUT2D eigenvalue weighted by molar-refractivity contribution is 7.80. The zero-order valence-electron chi connectivity index (χ0n) is 10.4. The summed E-state index contributed by atoms with van der Waals surface area (Å²) in [6.45, 7) is 1.45. The van der Waals surface area contributed by atoms with E-state index in [1.165, 1.54) is 25.7 Å². The van der Waals surface area contributed by atoms with E-state index in [9.17, 15) is 0 Å². The first-order valence-corrected chi connectivity index (χ1v) is 6.77. The minimum Gasteiger partial charge on any atom is -0.389 e. The summed E-state index contributed by atoms with van der Waals surface area (Å²) < 4.78 is 5.78. The number of anilines is 1. The Morgan fingerprint density at radius 1 is 1.50 bits per heavy atom. The van der Waals surface area contributed by atoms with Gasteiger partial charge in [0, 0.05) is 18.3 Å². The van der Waals surface area contributed by atoms with E-state index in [4.69, 9.17) is 22.7 Å². The third-order valence-electron chi connectivity index (χ3n) is 3.16. The van der Waals surface area contributed by atoms with Gasteiger partial charge in [-0.2, -0.15) is 0 Å². The Morgan fingerprint density at radius 3 is 3.00 bits per heavy atom. The van der Waals surface area contributed by atoms with Gasteiger partial charge in [0.2, 0.25) is 0 Å². The number of rotatable bonds is 6. The van der Waals surface area contributed by atoms with Crippen LogP contribution >= 0.6 is 12.2 Å². The second kappa shape index (κ2) is 6.66. The van der Waals surface area contributed by atoms with Gasteiger partial charge in [0.25, 0.3) is 0 Å². The molecule has 0 atom stereocenters. The van der Waals surface area contributed by atoms with Gasteiger partial charge < -0.3 is 15.8 Å². The summed E-state index contributed by atoms with van der Waals surface area (Å²) in [5.74, 6) is 0. The minimum atomic E-state index is 0.386. The Kier molecular flexibility index (Phi) is 4.90. The number of pyridine rings is 1. The van der Waals surface area contributed by atoms with Gasteiger partial charge in [0.1, 0.15) is 4.99 Å². The molecular weight excluding hydrogens is 246 g/mol. The second-order valence-electron chi connectivity index (χ2n) is 4.49. The van der Waals surface area contributed by atoms with Crippen molar-refractivity contribution in [1.29, 1.82) is 0 Å². The van der Waals surface area contributed by atoms with E-state index in [-0.39, 0.29) is 0 Å². The topological polar surface area (TPSA) is 60.2 Å². The van der Waals surface area contributed by atoms with Crippen molar-refractivity contribution in [2.75, 3.05) is 18.5 Å². The second-order valence-corrected chi connectivity index (χ2v) is 4.93. The van der Waals surface area contributed by atoms with Gasteiger partial charge in [-0.1, -0.05) is 25.1 Å². The van der Waals surface area contributed by atoms with Crippen LogP contribution in [0, 0.1) is 0 Å². The van der Waals surface area contributed by atoms with Crippen LogP contribution in [0.2, 0.25) is 0 Å². The van der Waals surface area contributed by atoms with Crippen LogP contribution in [-0.2, 0) is 4.74 Å². The molecule has 0 aliphatic heterocycles. The van der Waals surface area contributed by atoms with Gasteiger partial charge in [-0.25, -0.2) is 0 Å². The average molecular weight is 265 g/mol. The van der Waals surface area contributed by atoms with Crippen molar-refractivity contribution in [3.8, 4) is 0 Å². The monoisotopic (exact) mass is 265 g/mol. The van der Waals surface area contributed by atoms with Crippen LogP contribution in [0.4, 0.5) is 5.69 Å². The lowest BCUT2D eigenvalue weighted by Gasteiger charge is -2.13. The van der Waals surface area contributed by atoms with E-state index < -0.39 is 0 Å². The fourth-order valence-corrected chi connectivity index (χ4v) is 2.39. The molecule has 0 spiro atoms. The summed E-state index contributed by atoms with van der Waals surface area (Å²) in [6.07, 6.45) is 8.88. The maximum absolute atomic E-state index is 5.78. The van der Waals surface area contributed by atoms with Crippen molar-refractivity contribution in [3.63, 3.8) is 0 Å². The van der Waals surface area contributed by atoms with Crippen LogP contribution in [0.1, 0.15) is 31.2 Å². The van der Waals surface area contributed by atoms with Crippen LogP contribution in [0.15, 0.2) is 18.5 Å². The lowest BCUT2D eigenvalue weighted by atomic mass is 10.2. The summed E-state index contributed by atoms with van der Waals surface area (Å²) in [6, 6.07) is 1.82. The van der Waals surface area contributed by atoms with Crippen molar-refractivity contribution in [2.45, 2.75) is 31.8 Å². The molecule has 0 radical (unpaired) electrons. The average Bonchev–Trinajstić information content (AvgIpc) is 2.88. The first-order chi connectivity index (χ1) is 8.77. The highest BCUT2D eigenvalue weighted by Crippen LogP contribution is 2.20. The minimum absolute atomic E-state index is 0.386. The molecule has 1 fully saturated rings. The van der Waals surface area contributed by atoms with Crippen molar-refractivity contribution in [2.24, 2.45) is 5.73 Å². The number of ether oxygens (including phenoxy) is 1. The van der Waals surface area contributed by atoms with Gasteiger partial charge in [0.05, 0.1) is 24.6 Å². The lowest BCUT2D eigenvalue weighted by Crippen LogP contribution is -2.18. The molecule has 0 aromatic carbocycles. The van der Waals surface area contributed by atoms with Crippen molar-refractivity contribution >= 4 is 22.9 Å². The molecule has 1 aliphatic rings. The fourth-order valence-electron chi connectivity index (χ4n) is 2.22. The zero-order chi connectivity index (χ0) is 12.8. The molecule has 3 N–H and O–H groups in total. The number of aromatic nitrogens is 1. The lowest BCUT2D eigenvalue weighted by molar-refractivity contribution is 0.0659. The fraction of sp³-hybridized carbons (Fsp3) is 0.538. The van der Waals surface area contributed by atoms with Crippen LogP contribution in [0.5, 0.6) is 0 Å². The van der Waals surface area contributed by atoms with Crippen LogP contribution in [0.25, 0.3) is 0 Å². The smallest absolute Gasteiger partial charge is 0.106 e. The Morgan fingerprint density at radius 2 is 2.28 bits per heavy atom. The molecule has 1 aromatic heterocycles. The molecule has 1 aromatic rings. The maximum Gasteiger partial charge on any atom is 0.106 e. The standard InChI is InChI=1S/C13H19N3OS/c14-13(18)11-5-6-15-9-12(11)16-7-8-17-10-3-1-2-4-10/h5-6,9-10,16H,1-4,7-8H2,(H2,14,18). The predicted molar refractivity (Wildman–Crippen MR) is 76.8 cm³/mol. The number of hydrogen-bond acceptors (Lipinski definition) is 4. The normalized spacial score (nSPS) is 15.8. The quantitative estimate of drug-likeness (QED) is 0.609. The molecular formula is C13H19N3OS. The Bertz CT molecular complexity index is 405. The Labute approximate surface area is 113 Å². The molecule has 5 heteroatoms. The largest absolute Gasteiger partial charge is 0.389 e. The summed E-state index contributed by atoms with van der Waals surface area (Å²) in [5, 5.41) is 3.26. The third kappa shape index (κ3) is 3.65. The number of thiocarbonyl (C=S) groups is 1. The molecule has 0 amide bonds. The number of nitrogens with zero attached hydrogens (tertiary/aromatic N) is 1. The van der Waals surface area contributed by atoms with E-state index in [0.29, 0.717) is 17.7 Å². The summed E-state index contributed by atoms with van der Waals surface area (Å²) in [4.78, 5) is 4.45. The third-order valence-corrected chi connectivity index (χ3v) is 3.38. The van der Waals surface area contributed by atoms with Gasteiger partial charge in [-0.15, -0.1) is 0 Å². The Hall–Kier alpha value is -1.20. The maximum atomic E-state index is 5.78. The van der Waals surface area contributed by atoms with E-state index in [2.05, 4.69) is 10.3 Å². The molecule has 2 rings (SSSR count). The van der Waals surface area contributed by atoms with Gasteiger partial charge in [-0.3, -0.25) is 4.98 Å². The van der Waals surface area contributed by atoms with E-state index in [1.54, 1.807) is 12.4 Å². The summed E-state index contributed by atoms with van der Waals surface area (Å²) in [5.41, 5.74) is 7.36. The number of nitrogens with one attached hydrogen (secondary N) is 1. The van der Waals surface area contributed by atoms with Gasteiger partial charge in [-0.05, 0) is 18.9 Å². The number of hydrogen-bond donors (Lipinski definition) is 2. The molecule has 0 unspecified atom stereocenters. The van der Waals surface area contributed by atoms with Crippen LogP contribution < -0.4 is 11.1 Å². The molecule has 0 bridgehead atoms. The zero-order valence-corrected chi connectivity index (χ0v) is 11.2. The molecule has 18 heavy (non-hydrogen) atoms. The molecule has 0 saturated heterocycles. The Balaban J connectivity index is 1.77. The van der Waals surface area contributed by atoms with E-state index in [0.717, 1.165) is 17.8 Å². The molecule has 1 heterocycles. The van der Waals surface area contributed by atoms with Crippen molar-refractivity contribution in [1.82, 2.24) is 4.98 Å². The van der Waals surface area contributed by atoms with Crippen molar-refractivity contribution in [3.05, 3.63) is 24.0 Å². The molecule has 1 aliphatic carbocycles. The number of nitrogens with two attached hydrogens (primary N) is 1. The first kappa shape index (κ1) is 13.2. The molecule has 1 saturated carbocycles. The summed E-state index contributed by atoms with van der Waals surface area (Å²) >= 11 is 4.99. The van der Waals surface area contributed by atoms with Crippen LogP contribution in [0.3, 0.4) is 0 Å². The molecule has 98 valence electrons. The molecule has 4 nitrogen and oxygen atoms in total. The van der Waals surface area contributed by atoms with E-state index >= 15 is 0 Å². The van der Waals surface area contributed by atoms with Gasteiger partial charge >= 0.3 is 0 Å². The van der Waals surface area contributed by atoms with Crippen LogP contribution in [-0.4, -0.2) is 29.2 Å². The van der Waals surface area contributed by atoms with Crippen molar-refractivity contribution < 1.29 is 4.74 Å².